The summed E-state index contributed by atoms with van der Waals surface area (Å²) >= 11 is 0. The van der Waals surface area contributed by atoms with Crippen molar-refractivity contribution in [2.24, 2.45) is 17.3 Å². The third-order valence-electron chi connectivity index (χ3n) is 8.64. The highest BCUT2D eigenvalue weighted by Gasteiger charge is 2.51. The second-order valence-electron chi connectivity index (χ2n) is 10.9. The summed E-state index contributed by atoms with van der Waals surface area (Å²) in [5, 5.41) is 8.94. The van der Waals surface area contributed by atoms with Crippen LogP contribution in [0, 0.1) is 17.3 Å². The molecule has 1 N–H and O–H groups in total. The number of aliphatic carboxylic acids is 1. The first-order chi connectivity index (χ1) is 16.5. The van der Waals surface area contributed by atoms with Crippen LogP contribution in [0.1, 0.15) is 75.6 Å². The number of fused-ring (bicyclic) bond motifs is 1. The van der Waals surface area contributed by atoms with Gasteiger partial charge in [0, 0.05) is 43.9 Å². The highest BCUT2D eigenvalue weighted by molar-refractivity contribution is 5.83. The van der Waals surface area contributed by atoms with Crippen LogP contribution in [-0.2, 0) is 28.7 Å². The van der Waals surface area contributed by atoms with Gasteiger partial charge in [0.25, 0.3) is 0 Å². The fourth-order valence-corrected chi connectivity index (χ4v) is 6.33. The smallest absolute Gasteiger partial charge is 0.417 e. The molecule has 35 heavy (non-hydrogen) atoms. The van der Waals surface area contributed by atoms with E-state index in [1.807, 2.05) is 0 Å². The highest BCUT2D eigenvalue weighted by Crippen LogP contribution is 2.48. The van der Waals surface area contributed by atoms with Gasteiger partial charge in [-0.25, -0.2) is 0 Å². The lowest BCUT2D eigenvalue weighted by atomic mass is 9.73. The van der Waals surface area contributed by atoms with E-state index in [4.69, 9.17) is 5.11 Å². The first-order valence-electron chi connectivity index (χ1n) is 12.8. The van der Waals surface area contributed by atoms with Gasteiger partial charge in [-0.15, -0.1) is 0 Å². The van der Waals surface area contributed by atoms with Crippen molar-refractivity contribution in [3.8, 4) is 0 Å². The molecule has 1 aromatic heterocycles. The quantitative estimate of drug-likeness (QED) is 0.616. The van der Waals surface area contributed by atoms with Crippen LogP contribution in [0.4, 0.5) is 13.2 Å². The van der Waals surface area contributed by atoms with Crippen molar-refractivity contribution in [2.45, 2.75) is 84.0 Å². The summed E-state index contributed by atoms with van der Waals surface area (Å²) in [6.07, 6.45) is 2.33. The SMILES string of the molecule is CC(C)[C@]1(C(=O)N2CCc3ncc(C(F)(F)F)cc3C2)CCC(N2CCC(CCC(=O)O)CC2)C1. The van der Waals surface area contributed by atoms with Gasteiger partial charge in [0.15, 0.2) is 0 Å². The molecule has 0 spiro atoms. The van der Waals surface area contributed by atoms with E-state index in [0.717, 1.165) is 63.9 Å². The van der Waals surface area contributed by atoms with Crippen molar-refractivity contribution in [3.63, 3.8) is 0 Å². The Morgan fingerprint density at radius 2 is 1.91 bits per heavy atom. The third kappa shape index (κ3) is 5.49. The van der Waals surface area contributed by atoms with E-state index >= 15 is 0 Å². The Bertz CT molecular complexity index is 944. The van der Waals surface area contributed by atoms with E-state index < -0.39 is 23.1 Å². The number of halogens is 3. The van der Waals surface area contributed by atoms with Crippen molar-refractivity contribution in [2.75, 3.05) is 19.6 Å². The van der Waals surface area contributed by atoms with Crippen molar-refractivity contribution < 1.29 is 27.9 Å². The van der Waals surface area contributed by atoms with Crippen molar-refractivity contribution in [1.29, 1.82) is 0 Å². The molecular formula is C26H36F3N3O3. The van der Waals surface area contributed by atoms with Gasteiger partial charge in [0.05, 0.1) is 11.0 Å². The summed E-state index contributed by atoms with van der Waals surface area (Å²) in [4.78, 5) is 33.0. The van der Waals surface area contributed by atoms with E-state index in [2.05, 4.69) is 23.7 Å². The fourth-order valence-electron chi connectivity index (χ4n) is 6.33. The van der Waals surface area contributed by atoms with Gasteiger partial charge in [-0.05, 0) is 75.1 Å². The van der Waals surface area contributed by atoms with E-state index in [1.165, 1.54) is 0 Å². The van der Waals surface area contributed by atoms with Crippen LogP contribution in [0.5, 0.6) is 0 Å². The lowest BCUT2D eigenvalue weighted by Crippen LogP contribution is -2.49. The lowest BCUT2D eigenvalue weighted by Gasteiger charge is -2.41. The zero-order chi connectivity index (χ0) is 25.4. The second-order valence-corrected chi connectivity index (χ2v) is 10.9. The molecule has 0 radical (unpaired) electrons. The average Bonchev–Trinajstić information content (AvgIpc) is 3.28. The van der Waals surface area contributed by atoms with Crippen molar-refractivity contribution in [1.82, 2.24) is 14.8 Å². The van der Waals surface area contributed by atoms with Gasteiger partial charge < -0.3 is 14.9 Å². The molecule has 6 nitrogen and oxygen atoms in total. The highest BCUT2D eigenvalue weighted by atomic mass is 19.4. The first kappa shape index (κ1) is 25.9. The molecule has 1 saturated carbocycles. The van der Waals surface area contributed by atoms with Crippen LogP contribution in [-0.4, -0.2) is 57.4 Å². The summed E-state index contributed by atoms with van der Waals surface area (Å²) in [5.41, 5.74) is -0.124. The number of alkyl halides is 3. The molecule has 1 unspecified atom stereocenters. The van der Waals surface area contributed by atoms with Gasteiger partial charge in [-0.1, -0.05) is 13.8 Å². The number of likely N-dealkylation sites (tertiary alicyclic amines) is 1. The number of amides is 1. The van der Waals surface area contributed by atoms with E-state index in [-0.39, 0.29) is 24.8 Å². The number of carbonyl (C=O) groups is 2. The number of rotatable bonds is 6. The summed E-state index contributed by atoms with van der Waals surface area (Å²) in [7, 11) is 0. The van der Waals surface area contributed by atoms with Crippen LogP contribution < -0.4 is 0 Å². The molecule has 3 heterocycles. The van der Waals surface area contributed by atoms with E-state index in [0.29, 0.717) is 36.2 Å². The van der Waals surface area contributed by atoms with E-state index in [9.17, 15) is 22.8 Å². The molecule has 0 aromatic carbocycles. The number of carboxylic acid groups (broad SMARTS) is 1. The predicted octanol–water partition coefficient (Wildman–Crippen LogP) is 4.76. The maximum absolute atomic E-state index is 13.9. The van der Waals surface area contributed by atoms with Gasteiger partial charge in [-0.3, -0.25) is 14.6 Å². The van der Waals surface area contributed by atoms with Crippen LogP contribution >= 0.6 is 0 Å². The Balaban J connectivity index is 1.42. The Kier molecular flexibility index (Phi) is 7.46. The number of aromatic nitrogens is 1. The molecule has 3 aliphatic rings. The second kappa shape index (κ2) is 10.1. The molecule has 2 fully saturated rings. The van der Waals surface area contributed by atoms with Gasteiger partial charge in [0.2, 0.25) is 5.91 Å². The largest absolute Gasteiger partial charge is 0.481 e. The molecule has 1 aliphatic carbocycles. The van der Waals surface area contributed by atoms with Crippen LogP contribution in [0.3, 0.4) is 0 Å². The number of carboxylic acids is 1. The Morgan fingerprint density at radius 1 is 1.20 bits per heavy atom. The topological polar surface area (TPSA) is 73.7 Å². The molecule has 2 atom stereocenters. The summed E-state index contributed by atoms with van der Waals surface area (Å²) < 4.78 is 39.6. The summed E-state index contributed by atoms with van der Waals surface area (Å²) in [6.45, 7) is 6.69. The minimum absolute atomic E-state index is 0.0643. The Labute approximate surface area is 204 Å². The maximum Gasteiger partial charge on any atom is 0.417 e. The lowest BCUT2D eigenvalue weighted by molar-refractivity contribution is -0.146. The van der Waals surface area contributed by atoms with Gasteiger partial charge in [0.1, 0.15) is 0 Å². The molecule has 194 valence electrons. The minimum atomic E-state index is -4.45. The zero-order valence-corrected chi connectivity index (χ0v) is 20.6. The third-order valence-corrected chi connectivity index (χ3v) is 8.64. The zero-order valence-electron chi connectivity index (χ0n) is 20.6. The number of carbonyl (C=O) groups excluding carboxylic acids is 1. The Hall–Kier alpha value is -2.16. The molecular weight excluding hydrogens is 459 g/mol. The Morgan fingerprint density at radius 3 is 2.54 bits per heavy atom. The number of hydrogen-bond donors (Lipinski definition) is 1. The first-order valence-corrected chi connectivity index (χ1v) is 12.8. The molecule has 0 bridgehead atoms. The standard InChI is InChI=1S/C26H36F3N3O3/c1-17(2)25(9-5-21(14-25)31-10-6-18(7-11-31)3-4-23(33)34)24(35)32-12-8-22-19(16-32)13-20(15-30-22)26(27,28)29/h13,15,17-18,21H,3-12,14,16H2,1-2H3,(H,33,34)/t21?,25-/m0/s1. The van der Waals surface area contributed by atoms with Gasteiger partial charge >= 0.3 is 12.1 Å². The monoisotopic (exact) mass is 495 g/mol. The molecule has 2 aliphatic heterocycles. The average molecular weight is 496 g/mol. The normalized spacial score (nSPS) is 26.2. The molecule has 9 heteroatoms. The molecule has 1 saturated heterocycles. The van der Waals surface area contributed by atoms with Crippen LogP contribution in [0.2, 0.25) is 0 Å². The van der Waals surface area contributed by atoms with Crippen LogP contribution in [0.15, 0.2) is 12.3 Å². The number of hydrogen-bond acceptors (Lipinski definition) is 4. The molecule has 4 rings (SSSR count). The van der Waals surface area contributed by atoms with Gasteiger partial charge in [-0.2, -0.15) is 13.2 Å². The van der Waals surface area contributed by atoms with Crippen molar-refractivity contribution >= 4 is 11.9 Å². The van der Waals surface area contributed by atoms with Crippen LogP contribution in [0.25, 0.3) is 0 Å². The van der Waals surface area contributed by atoms with E-state index in [1.54, 1.807) is 4.90 Å². The number of pyridine rings is 1. The predicted molar refractivity (Wildman–Crippen MR) is 124 cm³/mol. The molecule has 1 aromatic rings. The summed E-state index contributed by atoms with van der Waals surface area (Å²) in [5.74, 6) is -0.0957. The maximum atomic E-state index is 13.9. The molecule has 1 amide bonds. The van der Waals surface area contributed by atoms with Crippen molar-refractivity contribution in [3.05, 3.63) is 29.1 Å². The number of nitrogens with zero attached hydrogens (tertiary/aromatic N) is 3. The number of piperidine rings is 1. The summed E-state index contributed by atoms with van der Waals surface area (Å²) in [6, 6.07) is 1.47. The minimum Gasteiger partial charge on any atom is -0.481 e. The fraction of sp³-hybridized carbons (Fsp3) is 0.731.